The van der Waals surface area contributed by atoms with Crippen molar-refractivity contribution < 1.29 is 0 Å². The molecule has 0 bridgehead atoms. The Morgan fingerprint density at radius 3 is 2.93 bits per heavy atom. The lowest BCUT2D eigenvalue weighted by molar-refractivity contribution is 0.861. The molecule has 0 aliphatic heterocycles. The van der Waals surface area contributed by atoms with Crippen LogP contribution in [-0.2, 0) is 6.42 Å². The molecule has 0 atom stereocenters. The molecule has 2 aromatic heterocycles. The number of fused-ring (bicyclic) bond motifs is 1. The van der Waals surface area contributed by atoms with Gasteiger partial charge in [-0.1, -0.05) is 18.3 Å². The van der Waals surface area contributed by atoms with Crippen molar-refractivity contribution in [2.75, 3.05) is 5.73 Å². The number of aryl methyl sites for hydroxylation is 1. The number of rotatable bonds is 1. The first-order chi connectivity index (χ1) is 6.63. The van der Waals surface area contributed by atoms with Crippen molar-refractivity contribution in [3.05, 3.63) is 21.6 Å². The summed E-state index contributed by atoms with van der Waals surface area (Å²) in [6.07, 6.45) is 0.745. The number of anilines is 1. The van der Waals surface area contributed by atoms with Crippen LogP contribution in [0.25, 0.3) is 4.96 Å². The molecule has 14 heavy (non-hydrogen) atoms. The topological polar surface area (TPSA) is 73.3 Å². The summed E-state index contributed by atoms with van der Waals surface area (Å²) in [6, 6.07) is 0. The van der Waals surface area contributed by atoms with E-state index < -0.39 is 0 Å². The Morgan fingerprint density at radius 2 is 2.29 bits per heavy atom. The van der Waals surface area contributed by atoms with Crippen LogP contribution in [0.1, 0.15) is 18.2 Å². The van der Waals surface area contributed by atoms with E-state index >= 15 is 0 Å². The molecular weight excluding hydrogens is 200 g/mol. The molecule has 0 spiro atoms. The second-order valence-electron chi connectivity index (χ2n) is 2.98. The van der Waals surface area contributed by atoms with Gasteiger partial charge in [-0.3, -0.25) is 4.79 Å². The van der Waals surface area contributed by atoms with Gasteiger partial charge in [0.2, 0.25) is 10.1 Å². The van der Waals surface area contributed by atoms with Crippen LogP contribution in [0.4, 0.5) is 5.13 Å². The van der Waals surface area contributed by atoms with Crippen molar-refractivity contribution in [3.63, 3.8) is 0 Å². The van der Waals surface area contributed by atoms with E-state index in [-0.39, 0.29) is 5.56 Å². The van der Waals surface area contributed by atoms with Gasteiger partial charge in [0, 0.05) is 5.56 Å². The standard InChI is InChI=1S/C8H10N4OS/c1-3-5-4(2)6(13)12-8(10-5)14-7(9)11-12/h3H2,1-2H3,(H2,9,11). The van der Waals surface area contributed by atoms with Gasteiger partial charge in [0.15, 0.2) is 0 Å². The Labute approximate surface area is 84.2 Å². The van der Waals surface area contributed by atoms with Crippen LogP contribution in [-0.4, -0.2) is 14.6 Å². The molecule has 0 fully saturated rings. The van der Waals surface area contributed by atoms with Crippen molar-refractivity contribution in [3.8, 4) is 0 Å². The van der Waals surface area contributed by atoms with Gasteiger partial charge in [-0.2, -0.15) is 4.52 Å². The molecule has 0 unspecified atom stereocenters. The lowest BCUT2D eigenvalue weighted by Gasteiger charge is -1.99. The number of hydrogen-bond acceptors (Lipinski definition) is 5. The van der Waals surface area contributed by atoms with E-state index in [4.69, 9.17) is 5.73 Å². The Balaban J connectivity index is 2.91. The van der Waals surface area contributed by atoms with Gasteiger partial charge in [0.25, 0.3) is 5.56 Å². The molecule has 0 aromatic carbocycles. The third-order valence-electron chi connectivity index (χ3n) is 2.09. The van der Waals surface area contributed by atoms with Crippen LogP contribution in [0.2, 0.25) is 0 Å². The van der Waals surface area contributed by atoms with Crippen LogP contribution >= 0.6 is 11.3 Å². The van der Waals surface area contributed by atoms with Crippen molar-refractivity contribution in [1.29, 1.82) is 0 Å². The highest BCUT2D eigenvalue weighted by Crippen LogP contribution is 2.13. The monoisotopic (exact) mass is 210 g/mol. The van der Waals surface area contributed by atoms with Gasteiger partial charge in [0.05, 0.1) is 5.69 Å². The smallest absolute Gasteiger partial charge is 0.278 e. The Kier molecular flexibility index (Phi) is 1.99. The SMILES string of the molecule is CCc1nc2sc(N)nn2c(=O)c1C. The van der Waals surface area contributed by atoms with E-state index in [0.717, 1.165) is 12.1 Å². The molecule has 0 aliphatic carbocycles. The van der Waals surface area contributed by atoms with Gasteiger partial charge in [-0.25, -0.2) is 4.98 Å². The first-order valence-electron chi connectivity index (χ1n) is 4.28. The number of aromatic nitrogens is 3. The molecule has 0 amide bonds. The summed E-state index contributed by atoms with van der Waals surface area (Å²) in [4.78, 5) is 16.6. The minimum Gasteiger partial charge on any atom is -0.374 e. The predicted octanol–water partition coefficient (Wildman–Crippen LogP) is 0.604. The maximum absolute atomic E-state index is 11.7. The van der Waals surface area contributed by atoms with Crippen molar-refractivity contribution in [1.82, 2.24) is 14.6 Å². The van der Waals surface area contributed by atoms with E-state index in [1.54, 1.807) is 6.92 Å². The van der Waals surface area contributed by atoms with E-state index in [9.17, 15) is 4.79 Å². The zero-order chi connectivity index (χ0) is 10.3. The zero-order valence-corrected chi connectivity index (χ0v) is 8.76. The van der Waals surface area contributed by atoms with Crippen LogP contribution in [0, 0.1) is 6.92 Å². The highest BCUT2D eigenvalue weighted by atomic mass is 32.1. The van der Waals surface area contributed by atoms with Crippen molar-refractivity contribution in [2.45, 2.75) is 20.3 Å². The van der Waals surface area contributed by atoms with E-state index in [0.29, 0.717) is 15.7 Å². The molecule has 2 N–H and O–H groups in total. The highest BCUT2D eigenvalue weighted by molar-refractivity contribution is 7.20. The average molecular weight is 210 g/mol. The third-order valence-corrected chi connectivity index (χ3v) is 2.82. The molecule has 2 heterocycles. The molecular formula is C8H10N4OS. The molecule has 0 aliphatic rings. The van der Waals surface area contributed by atoms with Gasteiger partial charge in [0.1, 0.15) is 0 Å². The minimum atomic E-state index is -0.125. The number of nitrogens with two attached hydrogens (primary N) is 1. The van der Waals surface area contributed by atoms with Crippen LogP contribution in [0.3, 0.4) is 0 Å². The summed E-state index contributed by atoms with van der Waals surface area (Å²) in [6.45, 7) is 3.73. The summed E-state index contributed by atoms with van der Waals surface area (Å²) in [7, 11) is 0. The fourth-order valence-electron chi connectivity index (χ4n) is 1.33. The quantitative estimate of drug-likeness (QED) is 0.748. The normalized spacial score (nSPS) is 11.0. The summed E-state index contributed by atoms with van der Waals surface area (Å²) in [5.74, 6) is 0. The average Bonchev–Trinajstić information content (AvgIpc) is 2.52. The van der Waals surface area contributed by atoms with Crippen LogP contribution in [0.15, 0.2) is 4.79 Å². The third kappa shape index (κ3) is 1.19. The maximum atomic E-state index is 11.7. The summed E-state index contributed by atoms with van der Waals surface area (Å²) in [5.41, 5.74) is 6.85. The first kappa shape index (κ1) is 9.14. The summed E-state index contributed by atoms with van der Waals surface area (Å²) >= 11 is 1.22. The number of nitrogen functional groups attached to an aromatic ring is 1. The largest absolute Gasteiger partial charge is 0.374 e. The van der Waals surface area contributed by atoms with Gasteiger partial charge in [-0.05, 0) is 13.3 Å². The highest BCUT2D eigenvalue weighted by Gasteiger charge is 2.10. The van der Waals surface area contributed by atoms with E-state index in [2.05, 4.69) is 10.1 Å². The Bertz CT molecular complexity index is 542. The molecule has 6 heteroatoms. The maximum Gasteiger partial charge on any atom is 0.278 e. The fraction of sp³-hybridized carbons (Fsp3) is 0.375. The fourth-order valence-corrected chi connectivity index (χ4v) is 2.00. The second-order valence-corrected chi connectivity index (χ2v) is 3.96. The molecule has 2 rings (SSSR count). The lowest BCUT2D eigenvalue weighted by Crippen LogP contribution is -2.20. The number of nitrogens with zero attached hydrogens (tertiary/aromatic N) is 3. The van der Waals surface area contributed by atoms with Gasteiger partial charge < -0.3 is 5.73 Å². The second kappa shape index (κ2) is 3.06. The molecule has 0 radical (unpaired) electrons. The first-order valence-corrected chi connectivity index (χ1v) is 5.10. The molecule has 0 saturated carbocycles. The Hall–Kier alpha value is -1.43. The van der Waals surface area contributed by atoms with Crippen molar-refractivity contribution >= 4 is 21.4 Å². The van der Waals surface area contributed by atoms with Crippen molar-refractivity contribution in [2.24, 2.45) is 0 Å². The molecule has 0 saturated heterocycles. The lowest BCUT2D eigenvalue weighted by atomic mass is 10.2. The molecule has 5 nitrogen and oxygen atoms in total. The van der Waals surface area contributed by atoms with E-state index in [1.807, 2.05) is 6.92 Å². The summed E-state index contributed by atoms with van der Waals surface area (Å²) in [5, 5.41) is 4.25. The van der Waals surface area contributed by atoms with Crippen LogP contribution < -0.4 is 11.3 Å². The minimum absolute atomic E-state index is 0.125. The van der Waals surface area contributed by atoms with E-state index in [1.165, 1.54) is 15.9 Å². The van der Waals surface area contributed by atoms with Gasteiger partial charge >= 0.3 is 0 Å². The Morgan fingerprint density at radius 1 is 1.57 bits per heavy atom. The van der Waals surface area contributed by atoms with Gasteiger partial charge in [-0.15, -0.1) is 5.10 Å². The predicted molar refractivity (Wildman–Crippen MR) is 55.7 cm³/mol. The number of hydrogen-bond donors (Lipinski definition) is 1. The summed E-state index contributed by atoms with van der Waals surface area (Å²) < 4.78 is 1.26. The molecule has 74 valence electrons. The molecule has 2 aromatic rings. The zero-order valence-electron chi connectivity index (χ0n) is 7.94. The van der Waals surface area contributed by atoms with Crippen LogP contribution in [0.5, 0.6) is 0 Å².